The van der Waals surface area contributed by atoms with E-state index < -0.39 is 68.0 Å². The Morgan fingerprint density at radius 2 is 2.06 bits per heavy atom. The van der Waals surface area contributed by atoms with Crippen LogP contribution in [0.4, 0.5) is 4.39 Å². The zero-order valence-corrected chi connectivity index (χ0v) is 18.6. The summed E-state index contributed by atoms with van der Waals surface area (Å²) in [5.74, 6) is -2.56. The Bertz CT molecular complexity index is 1170. The maximum atomic E-state index is 13.7. The number of benzene rings is 1. The van der Waals surface area contributed by atoms with E-state index in [0.717, 1.165) is 0 Å². The quantitative estimate of drug-likeness (QED) is 0.273. The molecule has 0 aliphatic carbocycles. The van der Waals surface area contributed by atoms with Crippen LogP contribution >= 0.6 is 7.75 Å². The highest BCUT2D eigenvalue weighted by molar-refractivity contribution is 7.52. The van der Waals surface area contributed by atoms with E-state index in [1.807, 2.05) is 0 Å². The van der Waals surface area contributed by atoms with Crippen molar-refractivity contribution in [1.82, 2.24) is 14.6 Å². The molecule has 1 aliphatic heterocycles. The Hall–Kier alpha value is -2.87. The van der Waals surface area contributed by atoms with E-state index in [2.05, 4.69) is 5.09 Å². The van der Waals surface area contributed by atoms with Crippen LogP contribution in [0.25, 0.3) is 0 Å². The van der Waals surface area contributed by atoms with Crippen LogP contribution in [-0.2, 0) is 18.6 Å². The number of halogens is 1. The third-order valence-electron chi connectivity index (χ3n) is 4.88. The standard InChI is InChI=1S/C19H23FN3O10P/c1-10(18(27)28)22-34(30,32-11-5-3-2-4-6-11)33-14(9-24)16-13(25)7-15(31-16)23-8-12(20)17(26)21-19(23)29/h2-6,8,10,13-16,24-25H,7,9H2,1H3,(H,22,30)(H,27,28)(H,21,26,29)/t10-,13-,14+,15+,16-,34+/m0/s1. The number of aliphatic hydroxyl groups excluding tert-OH is 2. The largest absolute Gasteiger partial charge is 0.480 e. The molecule has 2 aromatic rings. The van der Waals surface area contributed by atoms with Gasteiger partial charge < -0.3 is 24.6 Å². The van der Waals surface area contributed by atoms with Crippen molar-refractivity contribution in [3.05, 3.63) is 63.2 Å². The van der Waals surface area contributed by atoms with Crippen molar-refractivity contribution in [3.63, 3.8) is 0 Å². The second kappa shape index (κ2) is 10.6. The van der Waals surface area contributed by atoms with E-state index in [9.17, 15) is 38.7 Å². The van der Waals surface area contributed by atoms with Gasteiger partial charge in [0, 0.05) is 6.42 Å². The molecule has 0 bridgehead atoms. The summed E-state index contributed by atoms with van der Waals surface area (Å²) in [5, 5.41) is 31.7. The van der Waals surface area contributed by atoms with Gasteiger partial charge in [-0.25, -0.2) is 9.36 Å². The van der Waals surface area contributed by atoms with Crippen LogP contribution < -0.4 is 20.9 Å². The van der Waals surface area contributed by atoms with Crippen LogP contribution in [0.2, 0.25) is 0 Å². The fourth-order valence-electron chi connectivity index (χ4n) is 3.22. The van der Waals surface area contributed by atoms with Crippen LogP contribution in [0, 0.1) is 5.82 Å². The van der Waals surface area contributed by atoms with Crippen LogP contribution in [0.1, 0.15) is 19.6 Å². The number of para-hydroxylation sites is 1. The van der Waals surface area contributed by atoms with Gasteiger partial charge in [0.2, 0.25) is 5.82 Å². The number of rotatable bonds is 10. The summed E-state index contributed by atoms with van der Waals surface area (Å²) in [5.41, 5.74) is -2.23. The minimum Gasteiger partial charge on any atom is -0.480 e. The number of hydrogen-bond donors (Lipinski definition) is 5. The first-order chi connectivity index (χ1) is 16.0. The highest BCUT2D eigenvalue weighted by Gasteiger charge is 2.45. The summed E-state index contributed by atoms with van der Waals surface area (Å²) in [6, 6.07) is 6.28. The highest BCUT2D eigenvalue weighted by atomic mass is 31.2. The van der Waals surface area contributed by atoms with Crippen molar-refractivity contribution >= 4 is 13.7 Å². The smallest absolute Gasteiger partial charge is 0.459 e. The van der Waals surface area contributed by atoms with E-state index in [1.54, 1.807) is 23.2 Å². The number of aliphatic hydroxyl groups is 2. The van der Waals surface area contributed by atoms with E-state index in [4.69, 9.17) is 13.8 Å². The number of aromatic nitrogens is 2. The van der Waals surface area contributed by atoms with E-state index >= 15 is 0 Å². The number of aliphatic carboxylic acids is 1. The number of ether oxygens (including phenoxy) is 1. The zero-order valence-electron chi connectivity index (χ0n) is 17.7. The van der Waals surface area contributed by atoms with Gasteiger partial charge in [-0.3, -0.25) is 23.7 Å². The van der Waals surface area contributed by atoms with Gasteiger partial charge in [-0.2, -0.15) is 9.48 Å². The molecular formula is C19H23FN3O10P. The number of aromatic amines is 1. The minimum atomic E-state index is -4.48. The minimum absolute atomic E-state index is 0.0636. The number of nitrogens with zero attached hydrogens (tertiary/aromatic N) is 1. The average molecular weight is 503 g/mol. The lowest BCUT2D eigenvalue weighted by molar-refractivity contribution is -0.138. The number of carboxylic acid groups (broad SMARTS) is 1. The summed E-state index contributed by atoms with van der Waals surface area (Å²) in [6.45, 7) is 0.337. The van der Waals surface area contributed by atoms with Crippen LogP contribution in [0.15, 0.2) is 46.1 Å². The molecule has 0 amide bonds. The molecule has 0 saturated carbocycles. The molecule has 1 aliphatic rings. The number of nitrogens with one attached hydrogen (secondary N) is 2. The van der Waals surface area contributed by atoms with Gasteiger partial charge in [0.15, 0.2) is 0 Å². The molecule has 3 rings (SSSR count). The van der Waals surface area contributed by atoms with Gasteiger partial charge in [-0.15, -0.1) is 0 Å². The Balaban J connectivity index is 1.84. The van der Waals surface area contributed by atoms with Gasteiger partial charge in [-0.1, -0.05) is 18.2 Å². The molecule has 34 heavy (non-hydrogen) atoms. The molecule has 1 fully saturated rings. The lowest BCUT2D eigenvalue weighted by Crippen LogP contribution is -2.42. The van der Waals surface area contributed by atoms with E-state index in [1.165, 1.54) is 19.1 Å². The molecular weight excluding hydrogens is 480 g/mol. The molecule has 6 atom stereocenters. The number of hydrogen-bond acceptors (Lipinski definition) is 9. The number of carboxylic acids is 1. The third-order valence-corrected chi connectivity index (χ3v) is 6.59. The zero-order chi connectivity index (χ0) is 25.0. The second-order valence-corrected chi connectivity index (χ2v) is 9.07. The lowest BCUT2D eigenvalue weighted by Gasteiger charge is -2.29. The summed E-state index contributed by atoms with van der Waals surface area (Å²) in [4.78, 5) is 36.3. The van der Waals surface area contributed by atoms with Crippen molar-refractivity contribution in [1.29, 1.82) is 0 Å². The topological polar surface area (TPSA) is 189 Å². The summed E-state index contributed by atoms with van der Waals surface area (Å²) < 4.78 is 44.1. The van der Waals surface area contributed by atoms with Crippen molar-refractivity contribution < 1.29 is 42.9 Å². The Morgan fingerprint density at radius 1 is 1.38 bits per heavy atom. The molecule has 0 unspecified atom stereocenters. The summed E-state index contributed by atoms with van der Waals surface area (Å²) >= 11 is 0. The number of carbonyl (C=O) groups is 1. The lowest BCUT2D eigenvalue weighted by atomic mass is 10.1. The Labute approximate surface area is 191 Å². The molecule has 1 aromatic heterocycles. The molecule has 0 radical (unpaired) electrons. The first kappa shape index (κ1) is 25.7. The molecule has 0 spiro atoms. The van der Waals surface area contributed by atoms with Gasteiger partial charge in [0.05, 0.1) is 18.9 Å². The Kier molecular flexibility index (Phi) is 8.02. The third kappa shape index (κ3) is 5.97. The summed E-state index contributed by atoms with van der Waals surface area (Å²) in [6.07, 6.45) is -5.20. The van der Waals surface area contributed by atoms with E-state index in [0.29, 0.717) is 10.8 Å². The average Bonchev–Trinajstić information content (AvgIpc) is 3.16. The molecule has 15 heteroatoms. The van der Waals surface area contributed by atoms with Crippen LogP contribution in [-0.4, -0.2) is 61.8 Å². The van der Waals surface area contributed by atoms with Crippen molar-refractivity contribution in [3.8, 4) is 5.75 Å². The second-order valence-electron chi connectivity index (χ2n) is 7.42. The van der Waals surface area contributed by atoms with Crippen molar-refractivity contribution in [2.45, 2.75) is 43.9 Å². The normalized spacial score (nSPS) is 23.7. The maximum absolute atomic E-state index is 13.7. The predicted molar refractivity (Wildman–Crippen MR) is 113 cm³/mol. The molecule has 1 aromatic carbocycles. The van der Waals surface area contributed by atoms with Crippen molar-refractivity contribution in [2.75, 3.05) is 6.61 Å². The highest BCUT2D eigenvalue weighted by Crippen LogP contribution is 2.47. The van der Waals surface area contributed by atoms with Crippen molar-refractivity contribution in [2.24, 2.45) is 0 Å². The number of H-pyrrole nitrogens is 1. The van der Waals surface area contributed by atoms with Crippen LogP contribution in [0.3, 0.4) is 0 Å². The van der Waals surface area contributed by atoms with Gasteiger partial charge >= 0.3 is 19.4 Å². The van der Waals surface area contributed by atoms with E-state index in [-0.39, 0.29) is 12.2 Å². The molecule has 1 saturated heterocycles. The van der Waals surface area contributed by atoms with Gasteiger partial charge in [0.1, 0.15) is 30.2 Å². The van der Waals surface area contributed by atoms with Gasteiger partial charge in [-0.05, 0) is 19.1 Å². The monoisotopic (exact) mass is 503 g/mol. The fourth-order valence-corrected chi connectivity index (χ4v) is 4.91. The first-order valence-electron chi connectivity index (χ1n) is 10.0. The summed E-state index contributed by atoms with van der Waals surface area (Å²) in [7, 11) is -4.48. The fraction of sp³-hybridized carbons (Fsp3) is 0.421. The van der Waals surface area contributed by atoms with Crippen LogP contribution in [0.5, 0.6) is 5.75 Å². The molecule has 5 N–H and O–H groups in total. The SMILES string of the molecule is C[C@H](N[P@@](=O)(Oc1ccccc1)O[C@H](CO)[C@H]1O[C@@H](n2cc(F)c(=O)[nH]c2=O)C[C@@H]1O)C(=O)O. The molecule has 2 heterocycles. The molecule has 186 valence electrons. The first-order valence-corrected chi connectivity index (χ1v) is 11.6. The maximum Gasteiger partial charge on any atom is 0.459 e. The predicted octanol–water partition coefficient (Wildman–Crippen LogP) is -0.0486. The Morgan fingerprint density at radius 3 is 2.68 bits per heavy atom. The molecule has 13 nitrogen and oxygen atoms in total. The van der Waals surface area contributed by atoms with Gasteiger partial charge in [0.25, 0.3) is 5.56 Å².